The van der Waals surface area contributed by atoms with E-state index in [1.54, 1.807) is 6.20 Å². The van der Waals surface area contributed by atoms with Gasteiger partial charge < -0.3 is 9.80 Å². The minimum atomic E-state index is 0.831. The van der Waals surface area contributed by atoms with E-state index < -0.39 is 0 Å². The van der Waals surface area contributed by atoms with Crippen LogP contribution in [0.1, 0.15) is 18.4 Å². The fourth-order valence-electron chi connectivity index (χ4n) is 3.72. The van der Waals surface area contributed by atoms with Crippen LogP contribution in [-0.4, -0.2) is 60.4 Å². The van der Waals surface area contributed by atoms with Crippen LogP contribution in [0.3, 0.4) is 0 Å². The van der Waals surface area contributed by atoms with E-state index in [0.717, 1.165) is 67.0 Å². The van der Waals surface area contributed by atoms with E-state index in [1.807, 2.05) is 34.3 Å². The molecule has 0 aromatic carbocycles. The van der Waals surface area contributed by atoms with E-state index in [9.17, 15) is 0 Å². The molecule has 138 valence electrons. The highest BCUT2D eigenvalue weighted by Crippen LogP contribution is 2.23. The quantitative estimate of drug-likeness (QED) is 0.544. The summed E-state index contributed by atoms with van der Waals surface area (Å²) in [6, 6.07) is 4.04. The fourth-order valence-corrected chi connectivity index (χ4v) is 3.72. The molecule has 0 aliphatic carbocycles. The molecule has 0 spiro atoms. The number of aryl methyl sites for hydroxylation is 2. The maximum atomic E-state index is 4.59. The standard InChI is InChI=1S/C18H21N9/c1-3-14-22-23-18-17(19-6-7-26(14)18)25-10-8-24(9-11-25)16-12-13(2)21-15-4-5-20-27(15)16/h4-7,12H,3,8-11H2,1-2H3. The summed E-state index contributed by atoms with van der Waals surface area (Å²) >= 11 is 0. The van der Waals surface area contributed by atoms with E-state index in [2.05, 4.69) is 48.1 Å². The van der Waals surface area contributed by atoms with Crippen LogP contribution in [-0.2, 0) is 6.42 Å². The van der Waals surface area contributed by atoms with E-state index in [-0.39, 0.29) is 0 Å². The van der Waals surface area contributed by atoms with Crippen LogP contribution >= 0.6 is 0 Å². The molecule has 1 aliphatic rings. The van der Waals surface area contributed by atoms with Crippen LogP contribution in [0.25, 0.3) is 11.3 Å². The highest BCUT2D eigenvalue weighted by atomic mass is 15.4. The van der Waals surface area contributed by atoms with Crippen molar-refractivity contribution >= 4 is 22.9 Å². The number of hydrogen-bond donors (Lipinski definition) is 0. The van der Waals surface area contributed by atoms with Crippen molar-refractivity contribution in [1.82, 2.24) is 34.2 Å². The van der Waals surface area contributed by atoms with Crippen molar-refractivity contribution in [3.8, 4) is 0 Å². The monoisotopic (exact) mass is 363 g/mol. The lowest BCUT2D eigenvalue weighted by atomic mass is 10.3. The van der Waals surface area contributed by atoms with E-state index in [0.29, 0.717) is 0 Å². The summed E-state index contributed by atoms with van der Waals surface area (Å²) in [7, 11) is 0. The van der Waals surface area contributed by atoms with Gasteiger partial charge >= 0.3 is 0 Å². The van der Waals surface area contributed by atoms with Gasteiger partial charge in [0.25, 0.3) is 0 Å². The summed E-state index contributed by atoms with van der Waals surface area (Å²) in [6.45, 7) is 7.61. The number of rotatable bonds is 3. The largest absolute Gasteiger partial charge is 0.353 e. The Balaban J connectivity index is 1.42. The van der Waals surface area contributed by atoms with Crippen molar-refractivity contribution in [2.75, 3.05) is 36.0 Å². The Morgan fingerprint density at radius 2 is 1.85 bits per heavy atom. The van der Waals surface area contributed by atoms with Gasteiger partial charge in [-0.2, -0.15) is 9.61 Å². The van der Waals surface area contributed by atoms with E-state index in [4.69, 9.17) is 0 Å². The molecule has 5 rings (SSSR count). The third-order valence-corrected chi connectivity index (χ3v) is 5.07. The lowest BCUT2D eigenvalue weighted by Gasteiger charge is -2.36. The summed E-state index contributed by atoms with van der Waals surface area (Å²) in [5.41, 5.74) is 2.72. The first-order chi connectivity index (χ1) is 13.2. The Bertz CT molecular complexity index is 1100. The minimum absolute atomic E-state index is 0.831. The Morgan fingerprint density at radius 3 is 2.67 bits per heavy atom. The number of hydrogen-bond acceptors (Lipinski definition) is 7. The first kappa shape index (κ1) is 16.0. The molecule has 27 heavy (non-hydrogen) atoms. The van der Waals surface area contributed by atoms with Gasteiger partial charge in [0.05, 0.1) is 6.20 Å². The molecule has 1 aliphatic heterocycles. The lowest BCUT2D eigenvalue weighted by Crippen LogP contribution is -2.47. The van der Waals surface area contributed by atoms with Crippen LogP contribution in [0, 0.1) is 6.92 Å². The van der Waals surface area contributed by atoms with Crippen LogP contribution in [0.2, 0.25) is 0 Å². The Morgan fingerprint density at radius 1 is 1.04 bits per heavy atom. The van der Waals surface area contributed by atoms with Gasteiger partial charge in [-0.15, -0.1) is 10.2 Å². The molecule has 0 saturated carbocycles. The van der Waals surface area contributed by atoms with Crippen molar-refractivity contribution in [2.45, 2.75) is 20.3 Å². The van der Waals surface area contributed by atoms with Gasteiger partial charge in [-0.05, 0) is 6.92 Å². The number of nitrogens with zero attached hydrogens (tertiary/aromatic N) is 9. The molecular weight excluding hydrogens is 342 g/mol. The second-order valence-corrected chi connectivity index (χ2v) is 6.75. The average molecular weight is 363 g/mol. The third kappa shape index (κ3) is 2.57. The zero-order valence-corrected chi connectivity index (χ0v) is 15.4. The molecule has 9 nitrogen and oxygen atoms in total. The second-order valence-electron chi connectivity index (χ2n) is 6.75. The van der Waals surface area contributed by atoms with Crippen molar-refractivity contribution in [2.24, 2.45) is 0 Å². The molecule has 0 bridgehead atoms. The van der Waals surface area contributed by atoms with Crippen molar-refractivity contribution in [3.63, 3.8) is 0 Å². The molecule has 4 aromatic heterocycles. The Labute approximate surface area is 156 Å². The minimum Gasteiger partial charge on any atom is -0.353 e. The summed E-state index contributed by atoms with van der Waals surface area (Å²) in [4.78, 5) is 13.8. The second kappa shape index (κ2) is 6.19. The van der Waals surface area contributed by atoms with Gasteiger partial charge in [0.15, 0.2) is 11.5 Å². The highest BCUT2D eigenvalue weighted by Gasteiger charge is 2.23. The molecule has 0 atom stereocenters. The summed E-state index contributed by atoms with van der Waals surface area (Å²) < 4.78 is 3.95. The Hall–Kier alpha value is -3.23. The molecule has 9 heteroatoms. The van der Waals surface area contributed by atoms with Crippen LogP contribution in [0.5, 0.6) is 0 Å². The smallest absolute Gasteiger partial charge is 0.203 e. The summed E-state index contributed by atoms with van der Waals surface area (Å²) in [6.07, 6.45) is 6.40. The van der Waals surface area contributed by atoms with Crippen molar-refractivity contribution in [1.29, 1.82) is 0 Å². The molecule has 0 radical (unpaired) electrons. The van der Waals surface area contributed by atoms with Crippen LogP contribution < -0.4 is 9.80 Å². The maximum Gasteiger partial charge on any atom is 0.203 e. The third-order valence-electron chi connectivity index (χ3n) is 5.07. The Kier molecular flexibility index (Phi) is 3.66. The van der Waals surface area contributed by atoms with Crippen molar-refractivity contribution in [3.05, 3.63) is 42.2 Å². The molecule has 0 N–H and O–H groups in total. The number of anilines is 2. The van der Waals surface area contributed by atoms with E-state index >= 15 is 0 Å². The van der Waals surface area contributed by atoms with Gasteiger partial charge in [-0.1, -0.05) is 6.92 Å². The number of fused-ring (bicyclic) bond motifs is 2. The summed E-state index contributed by atoms with van der Waals surface area (Å²) in [5, 5.41) is 13.1. The molecule has 1 fully saturated rings. The van der Waals surface area contributed by atoms with Crippen LogP contribution in [0.4, 0.5) is 11.6 Å². The SMILES string of the molecule is CCc1nnc2c(N3CCN(c4cc(C)nc5ccnn45)CC3)nccn12. The van der Waals surface area contributed by atoms with Crippen molar-refractivity contribution < 1.29 is 0 Å². The molecule has 5 heterocycles. The van der Waals surface area contributed by atoms with Gasteiger partial charge in [0, 0.05) is 62.8 Å². The predicted molar refractivity (Wildman–Crippen MR) is 102 cm³/mol. The molecule has 0 amide bonds. The zero-order valence-electron chi connectivity index (χ0n) is 15.4. The first-order valence-corrected chi connectivity index (χ1v) is 9.24. The van der Waals surface area contributed by atoms with E-state index in [1.165, 1.54) is 0 Å². The molecule has 1 saturated heterocycles. The fraction of sp³-hybridized carbons (Fsp3) is 0.389. The molecule has 4 aromatic rings. The lowest BCUT2D eigenvalue weighted by molar-refractivity contribution is 0.633. The van der Waals surface area contributed by atoms with Crippen LogP contribution in [0.15, 0.2) is 30.7 Å². The van der Waals surface area contributed by atoms with Gasteiger partial charge in [0.2, 0.25) is 5.65 Å². The van der Waals surface area contributed by atoms with Gasteiger partial charge in [-0.3, -0.25) is 4.40 Å². The topological polar surface area (TPSA) is 79.8 Å². The maximum absolute atomic E-state index is 4.59. The summed E-state index contributed by atoms with van der Waals surface area (Å²) in [5.74, 6) is 2.95. The highest BCUT2D eigenvalue weighted by molar-refractivity contribution is 5.64. The predicted octanol–water partition coefficient (Wildman–Crippen LogP) is 1.36. The average Bonchev–Trinajstić information content (AvgIpc) is 3.33. The number of aromatic nitrogens is 7. The first-order valence-electron chi connectivity index (χ1n) is 9.24. The molecular formula is C18H21N9. The normalized spacial score (nSPS) is 15.2. The molecule has 0 unspecified atom stereocenters. The van der Waals surface area contributed by atoms with Gasteiger partial charge in [-0.25, -0.2) is 9.97 Å². The number of piperazine rings is 1. The zero-order chi connectivity index (χ0) is 18.4. The van der Waals surface area contributed by atoms with Gasteiger partial charge in [0.1, 0.15) is 11.6 Å².